The lowest BCUT2D eigenvalue weighted by Crippen LogP contribution is -2.48. The quantitative estimate of drug-likeness (QED) is 0.345. The smallest absolute Gasteiger partial charge is 0.412 e. The van der Waals surface area contributed by atoms with Crippen LogP contribution in [0.25, 0.3) is 11.1 Å². The van der Waals surface area contributed by atoms with E-state index in [1.807, 2.05) is 24.3 Å². The Morgan fingerprint density at radius 3 is 2.00 bits per heavy atom. The highest BCUT2D eigenvalue weighted by atomic mass is 32.2. The molecule has 0 spiro atoms. The van der Waals surface area contributed by atoms with Gasteiger partial charge >= 0.3 is 12.1 Å². The fourth-order valence-corrected chi connectivity index (χ4v) is 5.06. The molecule has 9 heteroatoms. The van der Waals surface area contributed by atoms with Crippen molar-refractivity contribution in [1.29, 1.82) is 0 Å². The molecule has 0 aliphatic heterocycles. The van der Waals surface area contributed by atoms with Gasteiger partial charge in [-0.25, -0.2) is 13.8 Å². The lowest BCUT2D eigenvalue weighted by Gasteiger charge is -2.33. The standard InChI is InChI=1S/C27H36N2O6S/c1-18(2)24(25(30)35-27(3,4)5)29(36(32)33)22-14-10-19(11-15-22)20-12-16-23(17-13-20)34-26(31)28-21-8-6-7-9-21/h10-18,21,24H,6-9H2,1-5H3,(H,28,31)(H,32,33). The molecule has 3 rings (SSSR count). The first-order valence-corrected chi connectivity index (χ1v) is 13.3. The maximum Gasteiger partial charge on any atom is 0.412 e. The minimum atomic E-state index is -2.44. The predicted octanol–water partition coefficient (Wildman–Crippen LogP) is 5.69. The summed E-state index contributed by atoms with van der Waals surface area (Å²) in [6.45, 7) is 8.89. The minimum Gasteiger partial charge on any atom is -0.458 e. The number of rotatable bonds is 8. The van der Waals surface area contributed by atoms with Crippen molar-refractivity contribution in [3.8, 4) is 16.9 Å². The molecule has 1 saturated carbocycles. The molecule has 0 aromatic heterocycles. The zero-order valence-corrected chi connectivity index (χ0v) is 22.3. The van der Waals surface area contributed by atoms with Crippen LogP contribution in [0.5, 0.6) is 5.75 Å². The van der Waals surface area contributed by atoms with Gasteiger partial charge in [-0.1, -0.05) is 51.0 Å². The van der Waals surface area contributed by atoms with Crippen molar-refractivity contribution >= 4 is 29.0 Å². The van der Waals surface area contributed by atoms with Gasteiger partial charge in [-0.2, -0.15) is 0 Å². The lowest BCUT2D eigenvalue weighted by molar-refractivity contribution is -0.157. The van der Waals surface area contributed by atoms with E-state index in [1.165, 1.54) is 4.31 Å². The maximum atomic E-state index is 12.9. The topological polar surface area (TPSA) is 105 Å². The SMILES string of the molecule is CC(C)C(C(=O)OC(C)(C)C)N(c1ccc(-c2ccc(OC(=O)NC3CCCC3)cc2)cc1)S(=O)O. The Labute approximate surface area is 215 Å². The highest BCUT2D eigenvalue weighted by Crippen LogP contribution is 2.29. The molecule has 8 nitrogen and oxygen atoms in total. The third-order valence-electron chi connectivity index (χ3n) is 5.90. The Morgan fingerprint density at radius 2 is 1.53 bits per heavy atom. The van der Waals surface area contributed by atoms with Crippen LogP contribution in [0, 0.1) is 5.92 Å². The molecular formula is C27H36N2O6S. The first-order chi connectivity index (χ1) is 16.9. The summed E-state index contributed by atoms with van der Waals surface area (Å²) >= 11 is -2.44. The lowest BCUT2D eigenvalue weighted by atomic mass is 10.0. The van der Waals surface area contributed by atoms with Crippen molar-refractivity contribution < 1.29 is 27.8 Å². The van der Waals surface area contributed by atoms with Crippen LogP contribution in [0.4, 0.5) is 10.5 Å². The number of benzene rings is 2. The van der Waals surface area contributed by atoms with Crippen molar-refractivity contribution in [3.63, 3.8) is 0 Å². The summed E-state index contributed by atoms with van der Waals surface area (Å²) in [6.07, 6.45) is 3.79. The summed E-state index contributed by atoms with van der Waals surface area (Å²) in [5.41, 5.74) is 1.45. The van der Waals surface area contributed by atoms with Gasteiger partial charge in [0.05, 0.1) is 5.69 Å². The van der Waals surface area contributed by atoms with Gasteiger partial charge in [0.1, 0.15) is 17.4 Å². The Hall–Kier alpha value is -2.91. The van der Waals surface area contributed by atoms with Crippen LogP contribution in [0.1, 0.15) is 60.3 Å². The molecule has 2 aromatic rings. The Bertz CT molecular complexity index is 1060. The monoisotopic (exact) mass is 516 g/mol. The molecule has 1 fully saturated rings. The van der Waals surface area contributed by atoms with Crippen molar-refractivity contribution in [1.82, 2.24) is 5.32 Å². The number of ether oxygens (including phenoxy) is 2. The third kappa shape index (κ3) is 7.54. The van der Waals surface area contributed by atoms with E-state index < -0.39 is 35.0 Å². The predicted molar refractivity (Wildman–Crippen MR) is 141 cm³/mol. The average molecular weight is 517 g/mol. The van der Waals surface area contributed by atoms with E-state index in [0.717, 1.165) is 36.8 Å². The first kappa shape index (κ1) is 27.7. The number of carbonyl (C=O) groups is 2. The number of amides is 1. The highest BCUT2D eigenvalue weighted by molar-refractivity contribution is 7.80. The van der Waals surface area contributed by atoms with Crippen LogP contribution < -0.4 is 14.4 Å². The second-order valence-corrected chi connectivity index (χ2v) is 11.2. The number of nitrogens with zero attached hydrogens (tertiary/aromatic N) is 1. The van der Waals surface area contributed by atoms with Crippen molar-refractivity contribution in [2.45, 2.75) is 78.0 Å². The van der Waals surface area contributed by atoms with Crippen molar-refractivity contribution in [2.75, 3.05) is 4.31 Å². The molecule has 1 aliphatic carbocycles. The van der Waals surface area contributed by atoms with Gasteiger partial charge in [0.15, 0.2) is 0 Å². The number of esters is 1. The molecule has 2 unspecified atom stereocenters. The molecule has 36 heavy (non-hydrogen) atoms. The number of carbonyl (C=O) groups excluding carboxylic acids is 2. The first-order valence-electron chi connectivity index (χ1n) is 12.3. The van der Waals surface area contributed by atoms with E-state index in [1.54, 1.807) is 58.9 Å². The van der Waals surface area contributed by atoms with E-state index in [-0.39, 0.29) is 12.0 Å². The number of hydrogen-bond donors (Lipinski definition) is 2. The Balaban J connectivity index is 1.73. The van der Waals surface area contributed by atoms with E-state index >= 15 is 0 Å². The summed E-state index contributed by atoms with van der Waals surface area (Å²) in [7, 11) is 0. The van der Waals surface area contributed by atoms with Crippen LogP contribution in [0.15, 0.2) is 48.5 Å². The number of hydrogen-bond acceptors (Lipinski definition) is 5. The van der Waals surface area contributed by atoms with Gasteiger partial charge < -0.3 is 14.8 Å². The highest BCUT2D eigenvalue weighted by Gasteiger charge is 2.36. The molecule has 0 radical (unpaired) electrons. The van der Waals surface area contributed by atoms with E-state index in [4.69, 9.17) is 9.47 Å². The molecule has 2 atom stereocenters. The van der Waals surface area contributed by atoms with Crippen LogP contribution in [-0.2, 0) is 20.8 Å². The van der Waals surface area contributed by atoms with Crippen molar-refractivity contribution in [2.24, 2.45) is 5.92 Å². The molecule has 0 bridgehead atoms. The van der Waals surface area contributed by atoms with Gasteiger partial charge in [-0.3, -0.25) is 8.86 Å². The van der Waals surface area contributed by atoms with Gasteiger partial charge in [0.2, 0.25) is 0 Å². The number of anilines is 1. The van der Waals surface area contributed by atoms with Crippen LogP contribution in [-0.4, -0.2) is 38.5 Å². The molecule has 196 valence electrons. The molecule has 1 amide bonds. The molecule has 0 heterocycles. The minimum absolute atomic E-state index is 0.189. The molecule has 0 saturated heterocycles. The second kappa shape index (κ2) is 11.9. The zero-order valence-electron chi connectivity index (χ0n) is 21.5. The molecule has 1 aliphatic rings. The third-order valence-corrected chi connectivity index (χ3v) is 6.67. The van der Waals surface area contributed by atoms with E-state index in [0.29, 0.717) is 11.4 Å². The largest absolute Gasteiger partial charge is 0.458 e. The summed E-state index contributed by atoms with van der Waals surface area (Å²) in [5, 5.41) is 2.89. The van der Waals surface area contributed by atoms with E-state index in [2.05, 4.69) is 5.32 Å². The Kier molecular flexibility index (Phi) is 9.13. The molecular weight excluding hydrogens is 480 g/mol. The summed E-state index contributed by atoms with van der Waals surface area (Å²) in [5.74, 6) is -0.379. The fraction of sp³-hybridized carbons (Fsp3) is 0.481. The van der Waals surface area contributed by atoms with E-state index in [9.17, 15) is 18.4 Å². The average Bonchev–Trinajstić information content (AvgIpc) is 3.29. The summed E-state index contributed by atoms with van der Waals surface area (Å²) in [4.78, 5) is 25.0. The van der Waals surface area contributed by atoms with Crippen LogP contribution >= 0.6 is 0 Å². The van der Waals surface area contributed by atoms with Crippen LogP contribution in [0.3, 0.4) is 0 Å². The normalized spacial score (nSPS) is 15.9. The van der Waals surface area contributed by atoms with Gasteiger partial charge in [-0.15, -0.1) is 0 Å². The maximum absolute atomic E-state index is 12.9. The van der Waals surface area contributed by atoms with Crippen molar-refractivity contribution in [3.05, 3.63) is 48.5 Å². The Morgan fingerprint density at radius 1 is 1.00 bits per heavy atom. The van der Waals surface area contributed by atoms with Crippen LogP contribution in [0.2, 0.25) is 0 Å². The number of nitrogens with one attached hydrogen (secondary N) is 1. The summed E-state index contributed by atoms with van der Waals surface area (Å²) < 4.78 is 34.4. The second-order valence-electron chi connectivity index (χ2n) is 10.4. The molecule has 2 aromatic carbocycles. The van der Waals surface area contributed by atoms with Gasteiger partial charge in [0, 0.05) is 6.04 Å². The van der Waals surface area contributed by atoms with Gasteiger partial charge in [0.25, 0.3) is 11.3 Å². The van der Waals surface area contributed by atoms with Gasteiger partial charge in [-0.05, 0) is 74.9 Å². The zero-order chi connectivity index (χ0) is 26.5. The fourth-order valence-electron chi connectivity index (χ4n) is 4.24. The molecule has 2 N–H and O–H groups in total. The summed E-state index contributed by atoms with van der Waals surface area (Å²) in [6, 6.07) is 13.4.